The van der Waals surface area contributed by atoms with E-state index in [1.807, 2.05) is 37.3 Å². The summed E-state index contributed by atoms with van der Waals surface area (Å²) in [6.45, 7) is 6.08. The summed E-state index contributed by atoms with van der Waals surface area (Å²) in [4.78, 5) is 27.7. The summed E-state index contributed by atoms with van der Waals surface area (Å²) in [7, 11) is -3.81. The summed E-state index contributed by atoms with van der Waals surface area (Å²) in [5.41, 5.74) is 1.13. The average Bonchev–Trinajstić information content (AvgIpc) is 2.88. The molecular formula is C25H33N3O6S. The second-order valence-electron chi connectivity index (χ2n) is 8.21. The van der Waals surface area contributed by atoms with Crippen molar-refractivity contribution in [2.45, 2.75) is 39.8 Å². The molecule has 1 aliphatic heterocycles. The van der Waals surface area contributed by atoms with Gasteiger partial charge >= 0.3 is 0 Å². The summed E-state index contributed by atoms with van der Waals surface area (Å²) < 4.78 is 38.3. The van der Waals surface area contributed by atoms with Crippen molar-refractivity contribution in [3.8, 4) is 11.5 Å². The molecule has 35 heavy (non-hydrogen) atoms. The fraction of sp³-hybridized carbons (Fsp3) is 0.440. The monoisotopic (exact) mass is 503 g/mol. The van der Waals surface area contributed by atoms with Crippen molar-refractivity contribution in [3.05, 3.63) is 54.1 Å². The third kappa shape index (κ3) is 6.66. The highest BCUT2D eigenvalue weighted by molar-refractivity contribution is 7.92. The molecule has 0 saturated carbocycles. The molecule has 0 aliphatic carbocycles. The van der Waals surface area contributed by atoms with Crippen molar-refractivity contribution in [1.29, 1.82) is 0 Å². The highest BCUT2D eigenvalue weighted by Gasteiger charge is 2.31. The largest absolute Gasteiger partial charge is 0.486 e. The number of sulfonamides is 1. The van der Waals surface area contributed by atoms with Crippen LogP contribution in [0.25, 0.3) is 0 Å². The van der Waals surface area contributed by atoms with Crippen LogP contribution < -0.4 is 19.1 Å². The van der Waals surface area contributed by atoms with Gasteiger partial charge in [0.15, 0.2) is 11.5 Å². The van der Waals surface area contributed by atoms with Crippen LogP contribution in [0.3, 0.4) is 0 Å². The molecule has 1 atom stereocenters. The van der Waals surface area contributed by atoms with Crippen LogP contribution in [0.1, 0.15) is 32.8 Å². The first kappa shape index (κ1) is 26.3. The van der Waals surface area contributed by atoms with Crippen molar-refractivity contribution >= 4 is 27.5 Å². The van der Waals surface area contributed by atoms with Gasteiger partial charge in [-0.2, -0.15) is 0 Å². The van der Waals surface area contributed by atoms with E-state index >= 15 is 0 Å². The Bertz CT molecular complexity index is 1120. The quantitative estimate of drug-likeness (QED) is 0.505. The summed E-state index contributed by atoms with van der Waals surface area (Å²) in [5.74, 6) is -0.0294. The first-order valence-electron chi connectivity index (χ1n) is 11.8. The molecule has 0 unspecified atom stereocenters. The molecule has 1 N–H and O–H groups in total. The van der Waals surface area contributed by atoms with Gasteiger partial charge in [-0.25, -0.2) is 8.42 Å². The zero-order valence-corrected chi connectivity index (χ0v) is 21.2. The number of amides is 2. The molecule has 2 amide bonds. The van der Waals surface area contributed by atoms with Crippen LogP contribution in [0.15, 0.2) is 48.5 Å². The molecule has 0 saturated heterocycles. The Morgan fingerprint density at radius 2 is 1.71 bits per heavy atom. The Balaban J connectivity index is 1.92. The second-order valence-corrected chi connectivity index (χ2v) is 10.4. The van der Waals surface area contributed by atoms with E-state index in [1.165, 1.54) is 11.8 Å². The van der Waals surface area contributed by atoms with Gasteiger partial charge in [0, 0.05) is 19.2 Å². The van der Waals surface area contributed by atoms with E-state index in [0.29, 0.717) is 36.9 Å². The number of hydrogen-bond acceptors (Lipinski definition) is 6. The van der Waals surface area contributed by atoms with Crippen molar-refractivity contribution in [3.63, 3.8) is 0 Å². The van der Waals surface area contributed by atoms with E-state index in [-0.39, 0.29) is 18.2 Å². The van der Waals surface area contributed by atoms with Crippen molar-refractivity contribution in [2.75, 3.05) is 36.4 Å². The van der Waals surface area contributed by atoms with Gasteiger partial charge in [0.05, 0.1) is 11.4 Å². The van der Waals surface area contributed by atoms with Crippen LogP contribution in [-0.4, -0.2) is 63.2 Å². The van der Waals surface area contributed by atoms with Gasteiger partial charge in [0.2, 0.25) is 21.8 Å². The first-order chi connectivity index (χ1) is 16.8. The smallest absolute Gasteiger partial charge is 0.244 e. The van der Waals surface area contributed by atoms with E-state index in [9.17, 15) is 18.0 Å². The van der Waals surface area contributed by atoms with Crippen LogP contribution in [0.2, 0.25) is 0 Å². The predicted octanol–water partition coefficient (Wildman–Crippen LogP) is 2.56. The maximum Gasteiger partial charge on any atom is 0.244 e. The maximum absolute atomic E-state index is 13.6. The van der Waals surface area contributed by atoms with Crippen LogP contribution in [0, 0.1) is 0 Å². The molecule has 0 bridgehead atoms. The van der Waals surface area contributed by atoms with Gasteiger partial charge in [-0.3, -0.25) is 13.9 Å². The molecule has 0 aromatic heterocycles. The minimum absolute atomic E-state index is 0.168. The summed E-state index contributed by atoms with van der Waals surface area (Å²) in [6, 6.07) is 13.3. The molecule has 1 aliphatic rings. The highest BCUT2D eigenvalue weighted by Crippen LogP contribution is 2.35. The Morgan fingerprint density at radius 1 is 1.03 bits per heavy atom. The number of carbonyl (C=O) groups is 2. The number of fused-ring (bicyclic) bond motifs is 1. The van der Waals surface area contributed by atoms with Gasteiger partial charge in [0.1, 0.15) is 25.8 Å². The van der Waals surface area contributed by atoms with Crippen molar-refractivity contribution in [1.82, 2.24) is 10.2 Å². The summed E-state index contributed by atoms with van der Waals surface area (Å²) in [5, 5.41) is 2.82. The second kappa shape index (κ2) is 11.9. The molecule has 190 valence electrons. The lowest BCUT2D eigenvalue weighted by Gasteiger charge is -2.32. The summed E-state index contributed by atoms with van der Waals surface area (Å²) >= 11 is 0. The lowest BCUT2D eigenvalue weighted by Crippen LogP contribution is -2.51. The van der Waals surface area contributed by atoms with E-state index in [4.69, 9.17) is 9.47 Å². The third-order valence-corrected chi connectivity index (χ3v) is 7.45. The Kier molecular flexibility index (Phi) is 8.97. The molecule has 3 rings (SSSR count). The molecule has 0 fully saturated rings. The number of ether oxygens (including phenoxy) is 2. The fourth-order valence-corrected chi connectivity index (χ4v) is 4.72. The number of anilines is 1. The molecule has 9 nitrogen and oxygen atoms in total. The van der Waals surface area contributed by atoms with Crippen LogP contribution in [0.5, 0.6) is 11.5 Å². The maximum atomic E-state index is 13.6. The number of hydrogen-bond donors (Lipinski definition) is 1. The summed E-state index contributed by atoms with van der Waals surface area (Å²) in [6.07, 6.45) is 0.762. The lowest BCUT2D eigenvalue weighted by molar-refractivity contribution is -0.139. The Hall–Kier alpha value is -3.27. The number of nitrogens with zero attached hydrogens (tertiary/aromatic N) is 2. The normalized spacial score (nSPS) is 13.6. The number of rotatable bonds is 11. The SMILES string of the molecule is CCCNC(=O)[C@@H](C)N(Cc1ccccc1)C(=O)CN(c1ccc2c(c1)OCCO2)S(=O)(=O)CC. The molecule has 0 radical (unpaired) electrons. The van der Waals surface area contributed by atoms with Gasteiger partial charge in [-0.1, -0.05) is 37.3 Å². The van der Waals surface area contributed by atoms with E-state index in [0.717, 1.165) is 16.3 Å². The van der Waals surface area contributed by atoms with Gasteiger partial charge in [-0.05, 0) is 38.0 Å². The first-order valence-corrected chi connectivity index (χ1v) is 13.4. The molecular weight excluding hydrogens is 470 g/mol. The van der Waals surface area contributed by atoms with Gasteiger partial charge in [0.25, 0.3) is 0 Å². The Labute approximate surface area is 207 Å². The van der Waals surface area contributed by atoms with Crippen LogP contribution >= 0.6 is 0 Å². The van der Waals surface area contributed by atoms with Gasteiger partial charge < -0.3 is 19.7 Å². The Morgan fingerprint density at radius 3 is 2.37 bits per heavy atom. The van der Waals surface area contributed by atoms with E-state index in [2.05, 4.69) is 5.32 Å². The van der Waals surface area contributed by atoms with Crippen molar-refractivity contribution < 1.29 is 27.5 Å². The fourth-order valence-electron chi connectivity index (χ4n) is 3.67. The zero-order chi connectivity index (χ0) is 25.4. The van der Waals surface area contributed by atoms with Crippen molar-refractivity contribution in [2.24, 2.45) is 0 Å². The molecule has 2 aromatic carbocycles. The van der Waals surface area contributed by atoms with Gasteiger partial charge in [-0.15, -0.1) is 0 Å². The number of carbonyl (C=O) groups excluding carboxylic acids is 2. The molecule has 0 spiro atoms. The predicted molar refractivity (Wildman–Crippen MR) is 134 cm³/mol. The minimum atomic E-state index is -3.81. The van der Waals surface area contributed by atoms with E-state index < -0.39 is 28.5 Å². The molecule has 10 heteroatoms. The average molecular weight is 504 g/mol. The standard InChI is InChI=1S/C25H33N3O6S/c1-4-13-26-25(30)19(3)27(17-20-9-7-6-8-10-20)24(29)18-28(35(31,32)5-2)21-11-12-22-23(16-21)34-15-14-33-22/h6-12,16,19H,4-5,13-15,17-18H2,1-3H3,(H,26,30)/t19-/m1/s1. The highest BCUT2D eigenvalue weighted by atomic mass is 32.2. The number of nitrogens with one attached hydrogen (secondary N) is 1. The zero-order valence-electron chi connectivity index (χ0n) is 20.4. The topological polar surface area (TPSA) is 105 Å². The lowest BCUT2D eigenvalue weighted by atomic mass is 10.1. The van der Waals surface area contributed by atoms with Crippen LogP contribution in [0.4, 0.5) is 5.69 Å². The molecule has 1 heterocycles. The minimum Gasteiger partial charge on any atom is -0.486 e. The van der Waals surface area contributed by atoms with E-state index in [1.54, 1.807) is 25.1 Å². The molecule has 2 aromatic rings. The number of benzene rings is 2. The third-order valence-electron chi connectivity index (χ3n) is 5.71. The van der Waals surface area contributed by atoms with Crippen LogP contribution in [-0.2, 0) is 26.2 Å².